The zero-order chi connectivity index (χ0) is 38.0. The zero-order valence-electron chi connectivity index (χ0n) is 27.5. The fourth-order valence-electron chi connectivity index (χ4n) is 6.31. The molecule has 2 aliphatic heterocycles. The van der Waals surface area contributed by atoms with Gasteiger partial charge in [0.25, 0.3) is 0 Å². The van der Waals surface area contributed by atoms with Gasteiger partial charge in [-0.1, -0.05) is 6.92 Å². The summed E-state index contributed by atoms with van der Waals surface area (Å²) < 4.78 is 136. The van der Waals surface area contributed by atoms with Crippen LogP contribution in [0.3, 0.4) is 0 Å². The number of anilines is 3. The number of amides is 1. The minimum Gasteiger partial charge on any atom is -0.481 e. The van der Waals surface area contributed by atoms with Gasteiger partial charge in [-0.25, -0.2) is 9.78 Å². The van der Waals surface area contributed by atoms with Crippen LogP contribution in [0.4, 0.5) is 61.5 Å². The van der Waals surface area contributed by atoms with Gasteiger partial charge in [-0.15, -0.1) is 0 Å². The molecular weight excluding hydrogens is 715 g/mol. The van der Waals surface area contributed by atoms with Crippen LogP contribution in [0.5, 0.6) is 0 Å². The fraction of sp³-hybridized carbons (Fsp3) is 0.441. The molecule has 9 nitrogen and oxygen atoms in total. The lowest BCUT2D eigenvalue weighted by atomic mass is 9.87. The minimum atomic E-state index is -5.16. The lowest BCUT2D eigenvalue weighted by Gasteiger charge is -2.44. The second-order valence-corrected chi connectivity index (χ2v) is 12.2. The first-order chi connectivity index (χ1) is 24.4. The molecule has 0 saturated carbocycles. The largest absolute Gasteiger partial charge is 0.481 e. The van der Waals surface area contributed by atoms with E-state index in [2.05, 4.69) is 4.98 Å². The quantitative estimate of drug-likeness (QED) is 0.219. The number of carboxylic acids is 1. The maximum absolute atomic E-state index is 14.1. The van der Waals surface area contributed by atoms with E-state index in [0.717, 1.165) is 23.1 Å². The van der Waals surface area contributed by atoms with Gasteiger partial charge in [-0.05, 0) is 72.5 Å². The Hall–Kier alpha value is -4.74. The predicted molar refractivity (Wildman–Crippen MR) is 169 cm³/mol. The molecule has 1 fully saturated rings. The van der Waals surface area contributed by atoms with E-state index in [4.69, 9.17) is 14.6 Å². The molecule has 2 atom stereocenters. The minimum absolute atomic E-state index is 0.0182. The topological polar surface area (TPSA) is 95.4 Å². The molecule has 0 bridgehead atoms. The van der Waals surface area contributed by atoms with Crippen molar-refractivity contribution in [3.05, 3.63) is 82.5 Å². The fourth-order valence-corrected chi connectivity index (χ4v) is 6.31. The molecule has 0 spiro atoms. The van der Waals surface area contributed by atoms with Gasteiger partial charge in [0.2, 0.25) is 0 Å². The Balaban J connectivity index is 1.67. The molecule has 1 aromatic heterocycles. The van der Waals surface area contributed by atoms with Crippen LogP contribution in [0, 0.1) is 0 Å². The smallest absolute Gasteiger partial charge is 0.416 e. The van der Waals surface area contributed by atoms with Crippen molar-refractivity contribution >= 4 is 29.3 Å². The average Bonchev–Trinajstić information content (AvgIpc) is 3.08. The van der Waals surface area contributed by atoms with Crippen molar-refractivity contribution in [3.63, 3.8) is 0 Å². The van der Waals surface area contributed by atoms with Gasteiger partial charge in [-0.2, -0.15) is 39.5 Å². The van der Waals surface area contributed by atoms with Crippen LogP contribution in [0.15, 0.2) is 54.7 Å². The molecule has 3 aromatic rings. The molecule has 3 heterocycles. The Morgan fingerprint density at radius 3 is 2.08 bits per heavy atom. The number of carbonyl (C=O) groups excluding carboxylic acids is 1. The highest BCUT2D eigenvalue weighted by Gasteiger charge is 2.42. The number of hydrogen-bond donors (Lipinski definition) is 1. The third kappa shape index (κ3) is 8.82. The number of alkyl halides is 9. The van der Waals surface area contributed by atoms with E-state index in [1.807, 2.05) is 4.90 Å². The van der Waals surface area contributed by atoms with Crippen molar-refractivity contribution in [2.24, 2.45) is 0 Å². The highest BCUT2D eigenvalue weighted by atomic mass is 19.4. The van der Waals surface area contributed by atoms with Crippen LogP contribution < -0.4 is 14.7 Å². The van der Waals surface area contributed by atoms with Crippen LogP contribution in [0.1, 0.15) is 60.0 Å². The SMILES string of the molecule is CC[C@@H]1C[C@H](N(Cc2cc(C(F)(F)F)cc(C(F)(F)F)c2)c2ccc(N3CCOCC3)cn2)c2cc(C(F)(F)F)ccc2N1C(=O)OCCC(=O)O. The van der Waals surface area contributed by atoms with Gasteiger partial charge < -0.3 is 24.4 Å². The normalized spacial score (nSPS) is 18.2. The van der Waals surface area contributed by atoms with Crippen LogP contribution in [-0.2, 0) is 39.3 Å². The molecule has 1 N–H and O–H groups in total. The molecule has 1 amide bonds. The third-order valence-electron chi connectivity index (χ3n) is 8.82. The summed E-state index contributed by atoms with van der Waals surface area (Å²) in [6.45, 7) is 2.36. The number of fused-ring (bicyclic) bond motifs is 1. The van der Waals surface area contributed by atoms with Crippen molar-refractivity contribution in [1.29, 1.82) is 0 Å². The van der Waals surface area contributed by atoms with Crippen LogP contribution >= 0.6 is 0 Å². The predicted octanol–water partition coefficient (Wildman–Crippen LogP) is 8.32. The van der Waals surface area contributed by atoms with Gasteiger partial charge in [0, 0.05) is 25.7 Å². The first-order valence-electron chi connectivity index (χ1n) is 16.1. The molecule has 1 saturated heterocycles. The van der Waals surface area contributed by atoms with Crippen LogP contribution in [0.2, 0.25) is 0 Å². The summed E-state index contributed by atoms with van der Waals surface area (Å²) in [6, 6.07) is 4.73. The lowest BCUT2D eigenvalue weighted by molar-refractivity contribution is -0.143. The summed E-state index contributed by atoms with van der Waals surface area (Å²) in [5.74, 6) is -1.23. The molecule has 18 heteroatoms. The number of carboxylic acid groups (broad SMARTS) is 1. The summed E-state index contributed by atoms with van der Waals surface area (Å²) in [5, 5.41) is 8.98. The van der Waals surface area contributed by atoms with Crippen molar-refractivity contribution in [2.75, 3.05) is 47.6 Å². The number of ether oxygens (including phenoxy) is 2. The highest BCUT2D eigenvalue weighted by Crippen LogP contribution is 2.46. The van der Waals surface area contributed by atoms with Gasteiger partial charge in [0.1, 0.15) is 12.4 Å². The standard InChI is InChI=1S/C34H33F9N4O5/c1-2-24-17-28(26-16-21(32(35,36)37)3-5-27(26)47(24)31(50)52-10-7-30(48)49)46(29-6-4-25(18-44-29)45-8-11-51-12-9-45)19-20-13-22(33(38,39)40)15-23(14-20)34(41,42)43/h3-6,13-16,18,24,28H,2,7-12,17,19H2,1H3,(H,48,49)/t24-,28+/m1/s1. The molecule has 282 valence electrons. The van der Waals surface area contributed by atoms with Crippen LogP contribution in [0.25, 0.3) is 0 Å². The van der Waals surface area contributed by atoms with E-state index in [0.29, 0.717) is 44.1 Å². The van der Waals surface area contributed by atoms with E-state index in [9.17, 15) is 49.1 Å². The van der Waals surface area contributed by atoms with Crippen molar-refractivity contribution < 1.29 is 63.7 Å². The maximum Gasteiger partial charge on any atom is 0.416 e. The zero-order valence-corrected chi connectivity index (χ0v) is 27.5. The molecule has 2 aromatic carbocycles. The van der Waals surface area contributed by atoms with Gasteiger partial charge in [-0.3, -0.25) is 9.69 Å². The molecule has 0 aliphatic carbocycles. The Kier molecular flexibility index (Phi) is 11.2. The van der Waals surface area contributed by atoms with Crippen LogP contribution in [-0.4, -0.2) is 61.1 Å². The second-order valence-electron chi connectivity index (χ2n) is 12.2. The number of carbonyl (C=O) groups is 2. The Labute approximate surface area is 291 Å². The summed E-state index contributed by atoms with van der Waals surface area (Å²) in [5.41, 5.74) is -4.27. The number of aliphatic carboxylic acids is 1. The molecule has 2 aliphatic rings. The lowest BCUT2D eigenvalue weighted by Crippen LogP contribution is -2.48. The third-order valence-corrected chi connectivity index (χ3v) is 8.82. The number of halogens is 9. The monoisotopic (exact) mass is 748 g/mol. The molecule has 0 unspecified atom stereocenters. The first kappa shape index (κ1) is 38.5. The van der Waals surface area contributed by atoms with Gasteiger partial charge in [0.15, 0.2) is 0 Å². The average molecular weight is 749 g/mol. The summed E-state index contributed by atoms with van der Waals surface area (Å²) in [4.78, 5) is 33.2. The van der Waals surface area contributed by atoms with Gasteiger partial charge in [0.05, 0.1) is 59.9 Å². The number of pyridine rings is 1. The maximum atomic E-state index is 14.1. The van der Waals surface area contributed by atoms with Crippen molar-refractivity contribution in [2.45, 2.75) is 63.3 Å². The summed E-state index contributed by atoms with van der Waals surface area (Å²) in [6.07, 6.45) is -15.3. The number of benzene rings is 2. The Bertz CT molecular complexity index is 1710. The van der Waals surface area contributed by atoms with E-state index in [1.165, 1.54) is 17.2 Å². The molecule has 5 rings (SSSR count). The van der Waals surface area contributed by atoms with E-state index < -0.39 is 84.5 Å². The van der Waals surface area contributed by atoms with Gasteiger partial charge >= 0.3 is 30.6 Å². The second kappa shape index (κ2) is 15.1. The summed E-state index contributed by atoms with van der Waals surface area (Å²) in [7, 11) is 0. The molecule has 52 heavy (non-hydrogen) atoms. The number of nitrogens with zero attached hydrogens (tertiary/aromatic N) is 4. The first-order valence-corrected chi connectivity index (χ1v) is 16.1. The number of morpholine rings is 1. The van der Waals surface area contributed by atoms with Crippen molar-refractivity contribution in [3.8, 4) is 0 Å². The van der Waals surface area contributed by atoms with E-state index >= 15 is 0 Å². The van der Waals surface area contributed by atoms with E-state index in [1.54, 1.807) is 13.0 Å². The Morgan fingerprint density at radius 1 is 0.904 bits per heavy atom. The Morgan fingerprint density at radius 2 is 1.54 bits per heavy atom. The number of rotatable bonds is 9. The highest BCUT2D eigenvalue weighted by molar-refractivity contribution is 5.90. The molecular formula is C34H33F9N4O5. The number of hydrogen-bond acceptors (Lipinski definition) is 7. The van der Waals surface area contributed by atoms with Crippen molar-refractivity contribution in [1.82, 2.24) is 4.98 Å². The number of aromatic nitrogens is 1. The van der Waals surface area contributed by atoms with E-state index in [-0.39, 0.29) is 36.0 Å². The molecule has 0 radical (unpaired) electrons. The summed E-state index contributed by atoms with van der Waals surface area (Å²) >= 11 is 0.